The molecule has 0 radical (unpaired) electrons. The van der Waals surface area contributed by atoms with Gasteiger partial charge >= 0.3 is 5.97 Å². The van der Waals surface area contributed by atoms with Gasteiger partial charge in [0, 0.05) is 22.4 Å². The third kappa shape index (κ3) is 2.81. The van der Waals surface area contributed by atoms with Crippen LogP contribution < -0.4 is 4.90 Å². The maximum Gasteiger partial charge on any atom is 0.338 e. The molecule has 2 aliphatic carbocycles. The highest BCUT2D eigenvalue weighted by Crippen LogP contribution is 2.62. The van der Waals surface area contributed by atoms with Crippen molar-refractivity contribution in [1.29, 1.82) is 0 Å². The maximum absolute atomic E-state index is 13.5. The molecule has 0 N–H and O–H groups in total. The van der Waals surface area contributed by atoms with E-state index in [9.17, 15) is 14.4 Å². The molecule has 8 heteroatoms. The van der Waals surface area contributed by atoms with Crippen LogP contribution in [0.25, 0.3) is 0 Å². The molecule has 2 amide bonds. The summed E-state index contributed by atoms with van der Waals surface area (Å²) in [7, 11) is 0. The quantitative estimate of drug-likeness (QED) is 0.509. The smallest absolute Gasteiger partial charge is 0.338 e. The molecule has 6 rings (SSSR count). The van der Waals surface area contributed by atoms with E-state index in [2.05, 4.69) is 5.16 Å². The third-order valence-electron chi connectivity index (χ3n) is 7.48. The lowest BCUT2D eigenvalue weighted by Crippen LogP contribution is -2.41. The van der Waals surface area contributed by atoms with Gasteiger partial charge in [0.15, 0.2) is 0 Å². The molecule has 2 heterocycles. The van der Waals surface area contributed by atoms with Gasteiger partial charge in [-0.05, 0) is 49.6 Å². The van der Waals surface area contributed by atoms with Crippen molar-refractivity contribution in [3.63, 3.8) is 0 Å². The van der Waals surface area contributed by atoms with E-state index < -0.39 is 17.8 Å². The van der Waals surface area contributed by atoms with Crippen LogP contribution in [0.4, 0.5) is 5.69 Å². The second kappa shape index (κ2) is 7.42. The second-order valence-corrected chi connectivity index (χ2v) is 9.35. The predicted octanol–water partition coefficient (Wildman–Crippen LogP) is 3.69. The van der Waals surface area contributed by atoms with Gasteiger partial charge in [0.1, 0.15) is 6.10 Å². The SMILES string of the molecule is CCOC(=O)c1ccc(N2C(=O)[C@@H]3[C@H]4C[C@@H]([C@H]5ON=C(c6ccccc6Cl)[C@@H]45)[C@H]3C2=O)cc1. The van der Waals surface area contributed by atoms with E-state index >= 15 is 0 Å². The molecule has 2 bridgehead atoms. The standard InChI is InChI=1S/C25H21ClN2O5/c1-2-32-25(31)12-7-9-13(10-8-12)28-23(29)18-15-11-16(19(18)24(28)30)22-20(15)21(27-33-22)14-5-3-4-6-17(14)26/h3-10,15-16,18-20,22H,2,11H2,1H3/t15-,16-,18-,19-,20-,22-/m1/s1. The summed E-state index contributed by atoms with van der Waals surface area (Å²) in [5.74, 6) is -1.78. The molecule has 4 aliphatic rings. The molecule has 6 atom stereocenters. The molecule has 1 saturated heterocycles. The van der Waals surface area contributed by atoms with Gasteiger partial charge in [-0.15, -0.1) is 0 Å². The minimum Gasteiger partial charge on any atom is -0.462 e. The molecule has 2 aromatic rings. The van der Waals surface area contributed by atoms with E-state index in [1.54, 1.807) is 31.2 Å². The minimum absolute atomic E-state index is 0.0252. The zero-order chi connectivity index (χ0) is 22.9. The molecular formula is C25H21ClN2O5. The Morgan fingerprint density at radius 3 is 2.45 bits per heavy atom. The molecule has 7 nitrogen and oxygen atoms in total. The lowest BCUT2D eigenvalue weighted by atomic mass is 9.71. The number of imide groups is 1. The molecule has 2 aromatic carbocycles. The number of amides is 2. The van der Waals surface area contributed by atoms with Crippen LogP contribution in [0.5, 0.6) is 0 Å². The van der Waals surface area contributed by atoms with Gasteiger partial charge in [-0.1, -0.05) is 35.0 Å². The lowest BCUT2D eigenvalue weighted by molar-refractivity contribution is -0.125. The first-order valence-corrected chi connectivity index (χ1v) is 11.5. The van der Waals surface area contributed by atoms with Crippen molar-refractivity contribution in [2.24, 2.45) is 34.7 Å². The Morgan fingerprint density at radius 2 is 1.76 bits per heavy atom. The zero-order valence-corrected chi connectivity index (χ0v) is 18.6. The summed E-state index contributed by atoms with van der Waals surface area (Å²) >= 11 is 6.42. The van der Waals surface area contributed by atoms with Crippen LogP contribution in [-0.2, 0) is 19.2 Å². The van der Waals surface area contributed by atoms with Crippen molar-refractivity contribution in [2.75, 3.05) is 11.5 Å². The number of esters is 1. The first-order chi connectivity index (χ1) is 16.0. The van der Waals surface area contributed by atoms with Crippen LogP contribution in [0.2, 0.25) is 5.02 Å². The van der Waals surface area contributed by atoms with Gasteiger partial charge < -0.3 is 9.57 Å². The average Bonchev–Trinajstić information content (AvgIpc) is 3.55. The van der Waals surface area contributed by atoms with Crippen molar-refractivity contribution in [1.82, 2.24) is 0 Å². The fourth-order valence-corrected chi connectivity index (χ4v) is 6.47. The van der Waals surface area contributed by atoms with Crippen molar-refractivity contribution >= 4 is 40.8 Å². The fraction of sp³-hybridized carbons (Fsp3) is 0.360. The summed E-state index contributed by atoms with van der Waals surface area (Å²) in [6.07, 6.45) is 0.548. The van der Waals surface area contributed by atoms with E-state index in [1.807, 2.05) is 24.3 Å². The Morgan fingerprint density at radius 1 is 1.06 bits per heavy atom. The number of anilines is 1. The van der Waals surface area contributed by atoms with Gasteiger partial charge in [0.25, 0.3) is 0 Å². The van der Waals surface area contributed by atoms with E-state index in [0.717, 1.165) is 17.7 Å². The van der Waals surface area contributed by atoms with E-state index in [-0.39, 0.29) is 42.3 Å². The summed E-state index contributed by atoms with van der Waals surface area (Å²) < 4.78 is 5.01. The highest BCUT2D eigenvalue weighted by Gasteiger charge is 2.70. The maximum atomic E-state index is 13.5. The summed E-state index contributed by atoms with van der Waals surface area (Å²) in [6.45, 7) is 2.02. The van der Waals surface area contributed by atoms with E-state index in [4.69, 9.17) is 21.2 Å². The molecule has 2 saturated carbocycles. The number of carbonyl (C=O) groups excluding carboxylic acids is 3. The topological polar surface area (TPSA) is 85.3 Å². The van der Waals surface area contributed by atoms with Gasteiger partial charge in [-0.25, -0.2) is 4.79 Å². The van der Waals surface area contributed by atoms with Crippen LogP contribution in [-0.4, -0.2) is 36.2 Å². The zero-order valence-electron chi connectivity index (χ0n) is 17.8. The Bertz CT molecular complexity index is 1210. The molecule has 3 fully saturated rings. The molecule has 0 unspecified atom stereocenters. The molecule has 0 spiro atoms. The van der Waals surface area contributed by atoms with Gasteiger partial charge in [-0.2, -0.15) is 0 Å². The molecular weight excluding hydrogens is 444 g/mol. The number of carbonyl (C=O) groups is 3. The van der Waals surface area contributed by atoms with Gasteiger partial charge in [-0.3, -0.25) is 14.5 Å². The number of oxime groups is 1. The number of fused-ring (bicyclic) bond motifs is 8. The Hall–Kier alpha value is -3.19. The van der Waals surface area contributed by atoms with Crippen LogP contribution >= 0.6 is 11.6 Å². The number of rotatable bonds is 4. The first-order valence-electron chi connectivity index (χ1n) is 11.1. The molecule has 0 aromatic heterocycles. The van der Waals surface area contributed by atoms with Crippen molar-refractivity contribution in [3.8, 4) is 0 Å². The number of halogens is 1. The summed E-state index contributed by atoms with van der Waals surface area (Å²) in [4.78, 5) is 46.0. The Kier molecular flexibility index (Phi) is 4.59. The first kappa shape index (κ1) is 20.4. The average molecular weight is 465 g/mol. The van der Waals surface area contributed by atoms with Crippen molar-refractivity contribution in [2.45, 2.75) is 19.4 Å². The van der Waals surface area contributed by atoms with E-state index in [1.165, 1.54) is 4.90 Å². The monoisotopic (exact) mass is 464 g/mol. The minimum atomic E-state index is -0.436. The van der Waals surface area contributed by atoms with Gasteiger partial charge in [0.05, 0.1) is 35.4 Å². The largest absolute Gasteiger partial charge is 0.462 e. The second-order valence-electron chi connectivity index (χ2n) is 8.95. The highest BCUT2D eigenvalue weighted by molar-refractivity contribution is 6.34. The van der Waals surface area contributed by atoms with Gasteiger partial charge in [0.2, 0.25) is 11.8 Å². The lowest BCUT2D eigenvalue weighted by Gasteiger charge is -2.30. The highest BCUT2D eigenvalue weighted by atomic mass is 35.5. The summed E-state index contributed by atoms with van der Waals surface area (Å²) in [6, 6.07) is 13.9. The fourth-order valence-electron chi connectivity index (χ4n) is 6.23. The normalized spacial score (nSPS) is 31.3. The van der Waals surface area contributed by atoms with Crippen LogP contribution in [0, 0.1) is 29.6 Å². The summed E-state index contributed by atoms with van der Waals surface area (Å²) in [5, 5.41) is 4.93. The Labute approximate surface area is 195 Å². The van der Waals surface area contributed by atoms with E-state index in [0.29, 0.717) is 16.3 Å². The predicted molar refractivity (Wildman–Crippen MR) is 120 cm³/mol. The van der Waals surface area contributed by atoms with Crippen molar-refractivity contribution in [3.05, 3.63) is 64.7 Å². The van der Waals surface area contributed by atoms with Crippen LogP contribution in [0.15, 0.2) is 53.7 Å². The number of hydrogen-bond donors (Lipinski definition) is 0. The summed E-state index contributed by atoms with van der Waals surface area (Å²) in [5.41, 5.74) is 2.44. The number of benzene rings is 2. The molecule has 33 heavy (non-hydrogen) atoms. The third-order valence-corrected chi connectivity index (χ3v) is 7.81. The molecule has 168 valence electrons. The number of hydrogen-bond acceptors (Lipinski definition) is 6. The van der Waals surface area contributed by atoms with Crippen LogP contribution in [0.3, 0.4) is 0 Å². The number of nitrogens with zero attached hydrogens (tertiary/aromatic N) is 2. The number of ether oxygens (including phenoxy) is 1. The van der Waals surface area contributed by atoms with Crippen molar-refractivity contribution < 1.29 is 24.0 Å². The Balaban J connectivity index is 1.29. The molecule has 2 aliphatic heterocycles. The van der Waals surface area contributed by atoms with Crippen LogP contribution in [0.1, 0.15) is 29.3 Å².